The quantitative estimate of drug-likeness (QED) is 0.485. The monoisotopic (exact) mass is 503 g/mol. The maximum absolute atomic E-state index is 14.0. The van der Waals surface area contributed by atoms with Crippen molar-refractivity contribution in [2.45, 2.75) is 37.0 Å². The second-order valence-corrected chi connectivity index (χ2v) is 10.4. The van der Waals surface area contributed by atoms with Gasteiger partial charge in [-0.1, -0.05) is 6.07 Å². The lowest BCUT2D eigenvalue weighted by molar-refractivity contribution is -0.0102. The van der Waals surface area contributed by atoms with E-state index in [4.69, 9.17) is 9.92 Å². The molecular formula is C23H27F2N7O2S. The minimum atomic E-state index is -3.47. The van der Waals surface area contributed by atoms with Crippen LogP contribution in [0.2, 0.25) is 0 Å². The number of carbonyl (C=O) groups is 1. The molecule has 4 rings (SSSR count). The minimum absolute atomic E-state index is 0.0650. The highest BCUT2D eigenvalue weighted by Crippen LogP contribution is 2.34. The Morgan fingerprint density at radius 2 is 2.03 bits per heavy atom. The molecule has 1 fully saturated rings. The molecule has 1 atom stereocenters. The fraction of sp³-hybridized carbons (Fsp3) is 0.348. The van der Waals surface area contributed by atoms with E-state index in [9.17, 15) is 17.8 Å². The van der Waals surface area contributed by atoms with Gasteiger partial charge in [-0.3, -0.25) is 9.48 Å². The Hall–Kier alpha value is -3.38. The molecule has 0 saturated carbocycles. The van der Waals surface area contributed by atoms with Gasteiger partial charge in [-0.05, 0) is 37.1 Å². The fourth-order valence-corrected chi connectivity index (χ4v) is 4.77. The zero-order valence-corrected chi connectivity index (χ0v) is 20.2. The summed E-state index contributed by atoms with van der Waals surface area (Å²) in [6, 6.07) is 5.96. The van der Waals surface area contributed by atoms with Gasteiger partial charge in [0.15, 0.2) is 0 Å². The van der Waals surface area contributed by atoms with E-state index in [2.05, 4.69) is 15.4 Å². The Morgan fingerprint density at radius 1 is 1.26 bits per heavy atom. The predicted octanol–water partition coefficient (Wildman–Crippen LogP) is 3.95. The van der Waals surface area contributed by atoms with Crippen LogP contribution in [0.4, 0.5) is 20.3 Å². The van der Waals surface area contributed by atoms with E-state index in [0.717, 1.165) is 5.56 Å². The molecule has 35 heavy (non-hydrogen) atoms. The molecule has 3 heterocycles. The number of nitrogens with zero attached hydrogens (tertiary/aromatic N) is 4. The molecule has 4 N–H and O–H groups in total. The van der Waals surface area contributed by atoms with Crippen molar-refractivity contribution in [2.75, 3.05) is 23.3 Å². The highest BCUT2D eigenvalue weighted by molar-refractivity contribution is 7.90. The maximum atomic E-state index is 14.0. The highest BCUT2D eigenvalue weighted by Gasteiger charge is 2.33. The summed E-state index contributed by atoms with van der Waals surface area (Å²) in [6.45, 7) is 2.19. The Labute approximate surface area is 202 Å². The largest absolute Gasteiger partial charge is 0.356 e. The average molecular weight is 504 g/mol. The van der Waals surface area contributed by atoms with Crippen molar-refractivity contribution >= 4 is 27.3 Å². The van der Waals surface area contributed by atoms with Crippen LogP contribution in [0, 0.1) is 11.7 Å². The van der Waals surface area contributed by atoms with Gasteiger partial charge < -0.3 is 10.2 Å². The van der Waals surface area contributed by atoms with E-state index in [1.807, 2.05) is 0 Å². The molecule has 12 heteroatoms. The zero-order valence-electron chi connectivity index (χ0n) is 19.4. The Kier molecular flexibility index (Phi) is 6.60. The first-order valence-electron chi connectivity index (χ1n) is 11.0. The van der Waals surface area contributed by atoms with E-state index < -0.39 is 21.7 Å². The third-order valence-electron chi connectivity index (χ3n) is 6.02. The molecule has 9 nitrogen and oxygen atoms in total. The maximum Gasteiger partial charge on any atom is 0.259 e. The summed E-state index contributed by atoms with van der Waals surface area (Å²) >= 11 is 0. The molecule has 1 aliphatic heterocycles. The van der Waals surface area contributed by atoms with E-state index in [0.29, 0.717) is 29.2 Å². The zero-order chi connectivity index (χ0) is 25.4. The van der Waals surface area contributed by atoms with Gasteiger partial charge >= 0.3 is 0 Å². The van der Waals surface area contributed by atoms with Gasteiger partial charge in [-0.25, -0.2) is 27.9 Å². The van der Waals surface area contributed by atoms with Gasteiger partial charge in [-0.15, -0.1) is 0 Å². The molecule has 3 aromatic rings. The molecular weight excluding hydrogens is 476 g/mol. The number of aromatic nitrogens is 3. The molecule has 1 saturated heterocycles. The third kappa shape index (κ3) is 5.49. The van der Waals surface area contributed by atoms with Crippen molar-refractivity contribution in [3.05, 3.63) is 54.0 Å². The lowest BCUT2D eigenvalue weighted by Crippen LogP contribution is -2.30. The highest BCUT2D eigenvalue weighted by atomic mass is 32.2. The van der Waals surface area contributed by atoms with Crippen LogP contribution in [0.3, 0.4) is 0 Å². The summed E-state index contributed by atoms with van der Waals surface area (Å²) in [6.07, 6.45) is 4.83. The van der Waals surface area contributed by atoms with Crippen molar-refractivity contribution < 1.29 is 17.8 Å². The number of pyridine rings is 1. The SMILES string of the molecule is Cc1c(-c2cnn(C)c2)cnc(N2CCCC(F)(F)CC2)c1C(=O)Nc1cccc(S(=N)(N)=O)c1. The van der Waals surface area contributed by atoms with Crippen LogP contribution < -0.4 is 15.4 Å². The Balaban J connectivity index is 1.77. The number of hydrogen-bond acceptors (Lipinski definition) is 6. The van der Waals surface area contributed by atoms with E-state index in [1.54, 1.807) is 54.3 Å². The van der Waals surface area contributed by atoms with E-state index >= 15 is 0 Å². The number of carbonyl (C=O) groups excluding carboxylic acids is 1. The molecule has 1 unspecified atom stereocenters. The topological polar surface area (TPSA) is 130 Å². The van der Waals surface area contributed by atoms with Crippen LogP contribution in [0.15, 0.2) is 47.8 Å². The van der Waals surface area contributed by atoms with Crippen molar-refractivity contribution in [3.63, 3.8) is 0 Å². The molecule has 2 aromatic heterocycles. The van der Waals surface area contributed by atoms with Gasteiger partial charge in [0, 0.05) is 62.2 Å². The van der Waals surface area contributed by atoms with Crippen molar-refractivity contribution in [2.24, 2.45) is 12.2 Å². The van der Waals surface area contributed by atoms with Crippen LogP contribution in [-0.2, 0) is 17.0 Å². The molecule has 1 amide bonds. The summed E-state index contributed by atoms with van der Waals surface area (Å²) in [7, 11) is -1.69. The van der Waals surface area contributed by atoms with Gasteiger partial charge in [-0.2, -0.15) is 5.10 Å². The van der Waals surface area contributed by atoms with Crippen LogP contribution in [0.25, 0.3) is 11.1 Å². The third-order valence-corrected chi connectivity index (χ3v) is 6.98. The number of amides is 1. The molecule has 1 aromatic carbocycles. The smallest absolute Gasteiger partial charge is 0.259 e. The summed E-state index contributed by atoms with van der Waals surface area (Å²) in [5.41, 5.74) is 2.63. The first kappa shape index (κ1) is 24.7. The Morgan fingerprint density at radius 3 is 2.71 bits per heavy atom. The van der Waals surface area contributed by atoms with Crippen LogP contribution in [0.1, 0.15) is 35.2 Å². The number of hydrogen-bond donors (Lipinski definition) is 3. The number of halogens is 2. The van der Waals surface area contributed by atoms with Crippen LogP contribution >= 0.6 is 0 Å². The number of alkyl halides is 2. The summed E-state index contributed by atoms with van der Waals surface area (Å²) in [5.74, 6) is -2.93. The number of benzene rings is 1. The van der Waals surface area contributed by atoms with Crippen molar-refractivity contribution in [1.82, 2.24) is 14.8 Å². The van der Waals surface area contributed by atoms with Crippen LogP contribution in [0.5, 0.6) is 0 Å². The number of nitrogens with two attached hydrogens (primary N) is 1. The second kappa shape index (κ2) is 9.34. The molecule has 0 aliphatic carbocycles. The first-order valence-corrected chi connectivity index (χ1v) is 12.7. The predicted molar refractivity (Wildman–Crippen MR) is 130 cm³/mol. The lowest BCUT2D eigenvalue weighted by Gasteiger charge is -2.26. The molecule has 186 valence electrons. The van der Waals surface area contributed by atoms with E-state index in [1.165, 1.54) is 12.1 Å². The standard InChI is InChI=1S/C23H27F2N7O2S/c1-15-19(16-12-29-31(2)14-16)13-28-21(32-9-4-7-23(24,25)8-10-32)20(15)22(33)30-17-5-3-6-18(11-17)35(26,27)34/h3,5-6,11-14H,4,7-10H2,1-2H3,(H,30,33)(H3,26,27,34). The summed E-state index contributed by atoms with van der Waals surface area (Å²) in [5, 5.41) is 12.4. The van der Waals surface area contributed by atoms with Gasteiger partial charge in [0.1, 0.15) is 15.7 Å². The summed E-state index contributed by atoms with van der Waals surface area (Å²) < 4.78 is 49.2. The number of aryl methyl sites for hydroxylation is 1. The van der Waals surface area contributed by atoms with Crippen LogP contribution in [-0.4, -0.2) is 43.9 Å². The van der Waals surface area contributed by atoms with Crippen molar-refractivity contribution in [3.8, 4) is 11.1 Å². The number of rotatable bonds is 5. The molecule has 0 radical (unpaired) electrons. The van der Waals surface area contributed by atoms with Gasteiger partial charge in [0.05, 0.1) is 16.7 Å². The average Bonchev–Trinajstić information content (AvgIpc) is 3.12. The normalized spacial score (nSPS) is 17.5. The first-order chi connectivity index (χ1) is 16.4. The van der Waals surface area contributed by atoms with E-state index in [-0.39, 0.29) is 36.3 Å². The van der Waals surface area contributed by atoms with Crippen molar-refractivity contribution in [1.29, 1.82) is 4.78 Å². The van der Waals surface area contributed by atoms with Gasteiger partial charge in [0.2, 0.25) is 5.92 Å². The van der Waals surface area contributed by atoms with Gasteiger partial charge in [0.25, 0.3) is 5.91 Å². The molecule has 1 aliphatic rings. The molecule has 0 spiro atoms. The second-order valence-electron chi connectivity index (χ2n) is 8.68. The summed E-state index contributed by atoms with van der Waals surface area (Å²) in [4.78, 5) is 19.9. The minimum Gasteiger partial charge on any atom is -0.356 e. The fourth-order valence-electron chi connectivity index (χ4n) is 4.18. The number of nitrogens with one attached hydrogen (secondary N) is 2. The molecule has 0 bridgehead atoms. The number of anilines is 2. The lowest BCUT2D eigenvalue weighted by atomic mass is 9.99. The Bertz CT molecular complexity index is 1370.